The number of methoxy groups -OCH3 is 1. The highest BCUT2D eigenvalue weighted by Crippen LogP contribution is 2.21. The van der Waals surface area contributed by atoms with Gasteiger partial charge in [0.15, 0.2) is 0 Å². The van der Waals surface area contributed by atoms with Crippen LogP contribution in [0.1, 0.15) is 23.7 Å². The van der Waals surface area contributed by atoms with Crippen molar-refractivity contribution in [3.63, 3.8) is 0 Å². The number of halogens is 2. The van der Waals surface area contributed by atoms with Gasteiger partial charge in [0, 0.05) is 31.6 Å². The van der Waals surface area contributed by atoms with Gasteiger partial charge in [0.05, 0.1) is 18.4 Å². The first-order valence-corrected chi connectivity index (χ1v) is 8.03. The first-order valence-electron chi connectivity index (χ1n) is 8.03. The van der Waals surface area contributed by atoms with Crippen LogP contribution in [0.3, 0.4) is 0 Å². The number of hydrogen-bond donors (Lipinski definition) is 1. The fraction of sp³-hybridized carbons (Fsp3) is 0.211. The molecule has 0 aliphatic carbocycles. The van der Waals surface area contributed by atoms with E-state index in [0.29, 0.717) is 11.8 Å². The highest BCUT2D eigenvalue weighted by molar-refractivity contribution is 5.96. The second-order valence-corrected chi connectivity index (χ2v) is 5.64. The smallest absolute Gasteiger partial charge is 0.337 e. The molecule has 0 saturated carbocycles. The second-order valence-electron chi connectivity index (χ2n) is 5.64. The molecule has 27 heavy (non-hydrogen) atoms. The number of anilines is 2. The van der Waals surface area contributed by atoms with Gasteiger partial charge in [-0.1, -0.05) is 6.07 Å². The van der Waals surface area contributed by atoms with Crippen molar-refractivity contribution in [3.05, 3.63) is 59.7 Å². The van der Waals surface area contributed by atoms with Crippen LogP contribution in [0.25, 0.3) is 0 Å². The summed E-state index contributed by atoms with van der Waals surface area (Å²) < 4.78 is 31.6. The molecule has 2 amide bonds. The Morgan fingerprint density at radius 1 is 1.11 bits per heavy atom. The monoisotopic (exact) mass is 376 g/mol. The standard InChI is InChI=1S/C19H18F2N2O4/c1-12(24)23(17-7-6-14(20)11-16(17)21)9-8-18(25)22-15-5-3-4-13(10-15)19(26)27-2/h3-7,10-11H,8-9H2,1-2H3,(H,22,25). The number of amides is 2. The van der Waals surface area contributed by atoms with Crippen LogP contribution in [-0.2, 0) is 14.3 Å². The Morgan fingerprint density at radius 2 is 1.85 bits per heavy atom. The third kappa shape index (κ3) is 5.34. The average molecular weight is 376 g/mol. The van der Waals surface area contributed by atoms with Gasteiger partial charge in [-0.2, -0.15) is 0 Å². The number of nitrogens with one attached hydrogen (secondary N) is 1. The maximum atomic E-state index is 13.9. The van der Waals surface area contributed by atoms with Crippen molar-refractivity contribution in [2.24, 2.45) is 0 Å². The van der Waals surface area contributed by atoms with Crippen LogP contribution in [0, 0.1) is 11.6 Å². The molecule has 2 aromatic rings. The lowest BCUT2D eigenvalue weighted by Crippen LogP contribution is -2.32. The minimum atomic E-state index is -0.892. The maximum Gasteiger partial charge on any atom is 0.337 e. The predicted octanol–water partition coefficient (Wildman–Crippen LogP) is 3.13. The minimum Gasteiger partial charge on any atom is -0.465 e. The van der Waals surface area contributed by atoms with Crippen molar-refractivity contribution >= 4 is 29.2 Å². The van der Waals surface area contributed by atoms with Crippen molar-refractivity contribution < 1.29 is 27.9 Å². The molecule has 6 nitrogen and oxygen atoms in total. The first-order chi connectivity index (χ1) is 12.8. The van der Waals surface area contributed by atoms with Crippen LogP contribution in [-0.4, -0.2) is 31.4 Å². The molecule has 0 radical (unpaired) electrons. The van der Waals surface area contributed by atoms with Crippen molar-refractivity contribution in [2.75, 3.05) is 23.9 Å². The average Bonchev–Trinajstić information content (AvgIpc) is 2.62. The Morgan fingerprint density at radius 3 is 2.48 bits per heavy atom. The van der Waals surface area contributed by atoms with Gasteiger partial charge < -0.3 is 15.0 Å². The number of nitrogens with zero attached hydrogens (tertiary/aromatic N) is 1. The van der Waals surface area contributed by atoms with E-state index in [0.717, 1.165) is 17.0 Å². The fourth-order valence-electron chi connectivity index (χ4n) is 2.43. The number of esters is 1. The number of carbonyl (C=O) groups excluding carboxylic acids is 3. The Labute approximate surface area is 154 Å². The summed E-state index contributed by atoms with van der Waals surface area (Å²) in [4.78, 5) is 36.5. The van der Waals surface area contributed by atoms with Crippen LogP contribution >= 0.6 is 0 Å². The van der Waals surface area contributed by atoms with E-state index in [9.17, 15) is 23.2 Å². The van der Waals surface area contributed by atoms with Gasteiger partial charge in [-0.25, -0.2) is 13.6 Å². The minimum absolute atomic E-state index is 0.0968. The Bertz CT molecular complexity index is 871. The zero-order valence-corrected chi connectivity index (χ0v) is 14.8. The zero-order valence-electron chi connectivity index (χ0n) is 14.8. The molecule has 0 bridgehead atoms. The molecule has 0 aliphatic heterocycles. The zero-order chi connectivity index (χ0) is 20.0. The molecule has 1 N–H and O–H groups in total. The first kappa shape index (κ1) is 20.0. The third-order valence-corrected chi connectivity index (χ3v) is 3.71. The summed E-state index contributed by atoms with van der Waals surface area (Å²) in [6, 6.07) is 9.01. The molecule has 0 spiro atoms. The fourth-order valence-corrected chi connectivity index (χ4v) is 2.43. The number of benzene rings is 2. The summed E-state index contributed by atoms with van der Waals surface area (Å²) in [6.07, 6.45) is -0.126. The van der Waals surface area contributed by atoms with Gasteiger partial charge in [0.2, 0.25) is 11.8 Å². The van der Waals surface area contributed by atoms with Gasteiger partial charge in [0.25, 0.3) is 0 Å². The summed E-state index contributed by atoms with van der Waals surface area (Å²) in [6.45, 7) is 1.13. The van der Waals surface area contributed by atoms with E-state index in [1.807, 2.05) is 0 Å². The molecule has 0 atom stereocenters. The Kier molecular flexibility index (Phi) is 6.59. The lowest BCUT2D eigenvalue weighted by molar-refractivity contribution is -0.117. The van der Waals surface area contributed by atoms with E-state index in [-0.39, 0.29) is 24.2 Å². The third-order valence-electron chi connectivity index (χ3n) is 3.71. The van der Waals surface area contributed by atoms with Gasteiger partial charge in [0.1, 0.15) is 11.6 Å². The highest BCUT2D eigenvalue weighted by Gasteiger charge is 2.18. The Balaban J connectivity index is 2.04. The van der Waals surface area contributed by atoms with E-state index >= 15 is 0 Å². The molecule has 0 fully saturated rings. The van der Waals surface area contributed by atoms with Crippen LogP contribution in [0.2, 0.25) is 0 Å². The van der Waals surface area contributed by atoms with E-state index in [2.05, 4.69) is 10.1 Å². The van der Waals surface area contributed by atoms with Gasteiger partial charge in [-0.3, -0.25) is 9.59 Å². The van der Waals surface area contributed by atoms with Crippen LogP contribution < -0.4 is 10.2 Å². The molecule has 0 saturated heterocycles. The number of rotatable bonds is 6. The summed E-state index contributed by atoms with van der Waals surface area (Å²) in [5.74, 6) is -3.12. The van der Waals surface area contributed by atoms with Crippen molar-refractivity contribution in [1.29, 1.82) is 0 Å². The topological polar surface area (TPSA) is 75.7 Å². The van der Waals surface area contributed by atoms with Crippen molar-refractivity contribution in [1.82, 2.24) is 0 Å². The summed E-state index contributed by atoms with van der Waals surface area (Å²) in [5.41, 5.74) is 0.545. The molecular weight excluding hydrogens is 358 g/mol. The van der Waals surface area contributed by atoms with Crippen molar-refractivity contribution in [2.45, 2.75) is 13.3 Å². The van der Waals surface area contributed by atoms with E-state index in [4.69, 9.17) is 0 Å². The molecule has 142 valence electrons. The molecule has 8 heteroatoms. The van der Waals surface area contributed by atoms with Gasteiger partial charge in [-0.05, 0) is 30.3 Å². The number of carbonyl (C=O) groups is 3. The summed E-state index contributed by atoms with van der Waals surface area (Å²) in [5, 5.41) is 2.59. The van der Waals surface area contributed by atoms with Crippen LogP contribution in [0.4, 0.5) is 20.2 Å². The number of ether oxygens (including phenoxy) is 1. The summed E-state index contributed by atoms with van der Waals surface area (Å²) in [7, 11) is 1.25. The molecule has 0 aromatic heterocycles. The molecule has 0 heterocycles. The Hall–Kier alpha value is -3.29. The SMILES string of the molecule is COC(=O)c1cccc(NC(=O)CCN(C(C)=O)c2ccc(F)cc2F)c1. The van der Waals surface area contributed by atoms with E-state index in [1.165, 1.54) is 26.2 Å². The summed E-state index contributed by atoms with van der Waals surface area (Å²) >= 11 is 0. The quantitative estimate of drug-likeness (QED) is 0.786. The normalized spacial score (nSPS) is 10.2. The lowest BCUT2D eigenvalue weighted by atomic mass is 10.2. The predicted molar refractivity (Wildman–Crippen MR) is 95.4 cm³/mol. The number of hydrogen-bond acceptors (Lipinski definition) is 4. The van der Waals surface area contributed by atoms with E-state index < -0.39 is 29.4 Å². The van der Waals surface area contributed by atoms with Crippen LogP contribution in [0.5, 0.6) is 0 Å². The van der Waals surface area contributed by atoms with Crippen molar-refractivity contribution in [3.8, 4) is 0 Å². The van der Waals surface area contributed by atoms with E-state index in [1.54, 1.807) is 12.1 Å². The molecule has 2 aromatic carbocycles. The van der Waals surface area contributed by atoms with Crippen LogP contribution in [0.15, 0.2) is 42.5 Å². The molecule has 0 unspecified atom stereocenters. The lowest BCUT2D eigenvalue weighted by Gasteiger charge is -2.21. The maximum absolute atomic E-state index is 13.9. The second kappa shape index (κ2) is 8.88. The largest absolute Gasteiger partial charge is 0.465 e. The molecule has 2 rings (SSSR count). The van der Waals surface area contributed by atoms with Gasteiger partial charge >= 0.3 is 5.97 Å². The van der Waals surface area contributed by atoms with Gasteiger partial charge in [-0.15, -0.1) is 0 Å². The molecule has 0 aliphatic rings. The highest BCUT2D eigenvalue weighted by atomic mass is 19.1. The molecular formula is C19H18F2N2O4.